The minimum atomic E-state index is -0.269. The Morgan fingerprint density at radius 2 is 2.17 bits per heavy atom. The van der Waals surface area contributed by atoms with Crippen LogP contribution < -0.4 is 10.5 Å². The molecule has 0 aliphatic carbocycles. The van der Waals surface area contributed by atoms with E-state index in [0.29, 0.717) is 25.3 Å². The van der Waals surface area contributed by atoms with Gasteiger partial charge < -0.3 is 15.6 Å². The number of hydrogen-bond acceptors (Lipinski definition) is 3. The molecule has 0 aliphatic heterocycles. The van der Waals surface area contributed by atoms with Crippen molar-refractivity contribution in [2.24, 2.45) is 17.6 Å². The maximum atomic E-state index is 13.3. The summed E-state index contributed by atoms with van der Waals surface area (Å²) >= 11 is 0. The molecule has 1 rings (SSSR count). The van der Waals surface area contributed by atoms with Crippen LogP contribution in [-0.4, -0.2) is 24.9 Å². The molecule has 0 aromatic heterocycles. The van der Waals surface area contributed by atoms with E-state index in [1.807, 2.05) is 13.8 Å². The molecule has 4 heteroatoms. The van der Waals surface area contributed by atoms with Crippen molar-refractivity contribution in [1.82, 2.24) is 0 Å². The lowest BCUT2D eigenvalue weighted by molar-refractivity contribution is 0.186. The largest absolute Gasteiger partial charge is 0.494 e. The molecule has 0 bridgehead atoms. The Kier molecular flexibility index (Phi) is 6.09. The lowest BCUT2D eigenvalue weighted by atomic mass is 9.88. The molecular formula is C14H22FNO2. The van der Waals surface area contributed by atoms with Gasteiger partial charge in [-0.1, -0.05) is 6.92 Å². The van der Waals surface area contributed by atoms with E-state index in [2.05, 4.69) is 0 Å². The zero-order valence-electron chi connectivity index (χ0n) is 11.0. The first kappa shape index (κ1) is 14.9. The Hall–Kier alpha value is -1.13. The van der Waals surface area contributed by atoms with Gasteiger partial charge in [0.2, 0.25) is 0 Å². The van der Waals surface area contributed by atoms with Gasteiger partial charge in [-0.2, -0.15) is 0 Å². The molecule has 3 N–H and O–H groups in total. The molecule has 102 valence electrons. The highest BCUT2D eigenvalue weighted by atomic mass is 19.1. The molecule has 1 aromatic carbocycles. The molecule has 3 nitrogen and oxygen atoms in total. The van der Waals surface area contributed by atoms with Crippen molar-refractivity contribution in [3.05, 3.63) is 29.6 Å². The molecule has 0 spiro atoms. The summed E-state index contributed by atoms with van der Waals surface area (Å²) in [6, 6.07) is 4.54. The summed E-state index contributed by atoms with van der Waals surface area (Å²) in [7, 11) is 0. The van der Waals surface area contributed by atoms with Gasteiger partial charge in [-0.05, 0) is 55.5 Å². The topological polar surface area (TPSA) is 55.5 Å². The Labute approximate surface area is 108 Å². The number of aliphatic hydroxyl groups is 1. The number of aliphatic hydroxyl groups excluding tert-OH is 1. The highest BCUT2D eigenvalue weighted by Crippen LogP contribution is 2.25. The Bertz CT molecular complexity index is 367. The summed E-state index contributed by atoms with van der Waals surface area (Å²) in [6.07, 6.45) is 0.648. The van der Waals surface area contributed by atoms with Gasteiger partial charge in [-0.25, -0.2) is 4.39 Å². The lowest BCUT2D eigenvalue weighted by Crippen LogP contribution is -2.26. The highest BCUT2D eigenvalue weighted by Gasteiger charge is 2.17. The zero-order valence-corrected chi connectivity index (χ0v) is 11.0. The minimum absolute atomic E-state index is 0.0303. The third-order valence-corrected chi connectivity index (χ3v) is 3.21. The monoisotopic (exact) mass is 255 g/mol. The van der Waals surface area contributed by atoms with Crippen LogP contribution in [0.1, 0.15) is 19.4 Å². The van der Waals surface area contributed by atoms with Gasteiger partial charge in [0.1, 0.15) is 11.6 Å². The van der Waals surface area contributed by atoms with Gasteiger partial charge in [-0.15, -0.1) is 0 Å². The van der Waals surface area contributed by atoms with E-state index in [1.165, 1.54) is 12.1 Å². The number of hydrogen-bond donors (Lipinski definition) is 2. The second-order valence-electron chi connectivity index (χ2n) is 4.54. The molecule has 1 aromatic rings. The fourth-order valence-electron chi connectivity index (χ4n) is 2.00. The number of benzene rings is 1. The van der Waals surface area contributed by atoms with Crippen LogP contribution in [0.2, 0.25) is 0 Å². The average molecular weight is 255 g/mol. The van der Waals surface area contributed by atoms with E-state index in [-0.39, 0.29) is 24.3 Å². The highest BCUT2D eigenvalue weighted by molar-refractivity contribution is 5.34. The number of halogens is 1. The third kappa shape index (κ3) is 3.96. The van der Waals surface area contributed by atoms with E-state index in [1.54, 1.807) is 6.07 Å². The molecule has 18 heavy (non-hydrogen) atoms. The second kappa shape index (κ2) is 7.34. The van der Waals surface area contributed by atoms with Crippen LogP contribution in [0.3, 0.4) is 0 Å². The molecule has 2 atom stereocenters. The van der Waals surface area contributed by atoms with Crippen LogP contribution in [0.4, 0.5) is 4.39 Å². The standard InChI is InChI=1S/C14H22FNO2/c1-3-18-14-5-4-13(15)7-11(14)6-10(2)12(8-16)9-17/h4-5,7,10,12,17H,3,6,8-9,16H2,1-2H3. The fraction of sp³-hybridized carbons (Fsp3) is 0.571. The van der Waals surface area contributed by atoms with Gasteiger partial charge in [-0.3, -0.25) is 0 Å². The average Bonchev–Trinajstić information content (AvgIpc) is 2.34. The molecule has 0 heterocycles. The summed E-state index contributed by atoms with van der Waals surface area (Å²) in [6.45, 7) is 4.93. The lowest BCUT2D eigenvalue weighted by Gasteiger charge is -2.21. The van der Waals surface area contributed by atoms with E-state index in [4.69, 9.17) is 10.5 Å². The van der Waals surface area contributed by atoms with Crippen LogP contribution in [0, 0.1) is 17.7 Å². The first-order valence-electron chi connectivity index (χ1n) is 6.34. The van der Waals surface area contributed by atoms with Crippen LogP contribution in [0.15, 0.2) is 18.2 Å². The van der Waals surface area contributed by atoms with Gasteiger partial charge >= 0.3 is 0 Å². The molecule has 0 fully saturated rings. The van der Waals surface area contributed by atoms with Crippen molar-refractivity contribution in [3.8, 4) is 5.75 Å². The van der Waals surface area contributed by atoms with Crippen LogP contribution in [0.5, 0.6) is 5.75 Å². The molecule has 0 aliphatic rings. The molecular weight excluding hydrogens is 233 g/mol. The normalized spacial score (nSPS) is 14.3. The Morgan fingerprint density at radius 3 is 2.72 bits per heavy atom. The van der Waals surface area contributed by atoms with Crippen LogP contribution >= 0.6 is 0 Å². The summed E-state index contributed by atoms with van der Waals surface area (Å²) in [4.78, 5) is 0. The van der Waals surface area contributed by atoms with E-state index >= 15 is 0 Å². The molecule has 2 unspecified atom stereocenters. The summed E-state index contributed by atoms with van der Waals surface area (Å²) in [5.41, 5.74) is 6.43. The van der Waals surface area contributed by atoms with Gasteiger partial charge in [0.15, 0.2) is 0 Å². The summed E-state index contributed by atoms with van der Waals surface area (Å²) in [5, 5.41) is 9.22. The van der Waals surface area contributed by atoms with E-state index < -0.39 is 0 Å². The van der Waals surface area contributed by atoms with E-state index in [9.17, 15) is 9.50 Å². The van der Waals surface area contributed by atoms with Crippen molar-refractivity contribution >= 4 is 0 Å². The van der Waals surface area contributed by atoms with Crippen molar-refractivity contribution in [2.75, 3.05) is 19.8 Å². The number of nitrogens with two attached hydrogens (primary N) is 1. The molecule has 0 amide bonds. The molecule has 0 saturated heterocycles. The van der Waals surface area contributed by atoms with Crippen molar-refractivity contribution in [3.63, 3.8) is 0 Å². The summed E-state index contributed by atoms with van der Waals surface area (Å²) in [5.74, 6) is 0.650. The fourth-order valence-corrected chi connectivity index (χ4v) is 2.00. The summed E-state index contributed by atoms with van der Waals surface area (Å²) < 4.78 is 18.8. The maximum Gasteiger partial charge on any atom is 0.123 e. The second-order valence-corrected chi connectivity index (χ2v) is 4.54. The van der Waals surface area contributed by atoms with E-state index in [0.717, 1.165) is 5.56 Å². The van der Waals surface area contributed by atoms with Gasteiger partial charge in [0, 0.05) is 6.61 Å². The van der Waals surface area contributed by atoms with Crippen LogP contribution in [-0.2, 0) is 6.42 Å². The molecule has 0 radical (unpaired) electrons. The quantitative estimate of drug-likeness (QED) is 0.783. The maximum absolute atomic E-state index is 13.3. The first-order valence-corrected chi connectivity index (χ1v) is 6.34. The van der Waals surface area contributed by atoms with Crippen molar-refractivity contribution in [2.45, 2.75) is 20.3 Å². The number of rotatable bonds is 7. The predicted octanol–water partition coefficient (Wildman–Crippen LogP) is 1.97. The van der Waals surface area contributed by atoms with Gasteiger partial charge in [0.05, 0.1) is 6.61 Å². The predicted molar refractivity (Wildman–Crippen MR) is 70.1 cm³/mol. The number of ether oxygens (including phenoxy) is 1. The Morgan fingerprint density at radius 1 is 1.44 bits per heavy atom. The van der Waals surface area contributed by atoms with Crippen LogP contribution in [0.25, 0.3) is 0 Å². The van der Waals surface area contributed by atoms with Gasteiger partial charge in [0.25, 0.3) is 0 Å². The SMILES string of the molecule is CCOc1ccc(F)cc1CC(C)C(CN)CO. The van der Waals surface area contributed by atoms with Crippen molar-refractivity contribution in [1.29, 1.82) is 0 Å². The third-order valence-electron chi connectivity index (χ3n) is 3.21. The smallest absolute Gasteiger partial charge is 0.123 e. The first-order chi connectivity index (χ1) is 8.62. The van der Waals surface area contributed by atoms with Crippen molar-refractivity contribution < 1.29 is 14.2 Å². The zero-order chi connectivity index (χ0) is 13.5. The minimum Gasteiger partial charge on any atom is -0.494 e. The molecule has 0 saturated carbocycles. The Balaban J connectivity index is 2.84.